The van der Waals surface area contributed by atoms with E-state index in [0.717, 1.165) is 37.2 Å². The number of nitrogens with zero attached hydrogens (tertiary/aromatic N) is 1. The van der Waals surface area contributed by atoms with E-state index in [2.05, 4.69) is 23.3 Å². The monoisotopic (exact) mass is 643 g/mol. The molecule has 2 fully saturated rings. The van der Waals surface area contributed by atoms with Crippen LogP contribution in [0, 0.1) is 0 Å². The number of esters is 1. The summed E-state index contributed by atoms with van der Waals surface area (Å²) in [5.74, 6) is 1.59. The quantitative estimate of drug-likeness (QED) is 0.120. The summed E-state index contributed by atoms with van der Waals surface area (Å²) in [7, 11) is 1.87. The number of hydrogen-bond acceptors (Lipinski definition) is 11. The van der Waals surface area contributed by atoms with Gasteiger partial charge in [-0.05, 0) is 44.4 Å². The zero-order valence-electron chi connectivity index (χ0n) is 26.0. The zero-order chi connectivity index (χ0) is 31.6. The molecule has 0 spiro atoms. The number of hydrogen-bond donors (Lipinski definition) is 0. The molecule has 11 nitrogen and oxygen atoms in total. The Balaban J connectivity index is 0.000000236. The molecule has 0 radical (unpaired) electrons. The number of carbonyl (C=O) groups is 3. The SMILES string of the molecule is CCCCCCCCS(=O)C(C)Cc1ccc2c(c1)OCO2.COC(=O)OCOC(=O)[C@@H]1N2C(=O)[C@@H](OC)[C@H]2SC1(C)C. The van der Waals surface area contributed by atoms with Crippen LogP contribution in [0.2, 0.25) is 0 Å². The van der Waals surface area contributed by atoms with Gasteiger partial charge in [0.1, 0.15) is 11.4 Å². The molecule has 43 heavy (non-hydrogen) atoms. The molecule has 0 aliphatic carbocycles. The molecule has 2 saturated heterocycles. The molecule has 0 aromatic heterocycles. The highest BCUT2D eigenvalue weighted by Gasteiger charge is 2.64. The van der Waals surface area contributed by atoms with E-state index in [4.69, 9.17) is 18.9 Å². The average molecular weight is 644 g/mol. The fraction of sp³-hybridized carbons (Fsp3) is 0.700. The Morgan fingerprint density at radius 2 is 1.79 bits per heavy atom. The van der Waals surface area contributed by atoms with E-state index in [-0.39, 0.29) is 16.5 Å². The second-order valence-corrected chi connectivity index (χ2v) is 14.9. The smallest absolute Gasteiger partial charge is 0.454 e. The van der Waals surface area contributed by atoms with E-state index < -0.39 is 46.6 Å². The number of carbonyl (C=O) groups excluding carboxylic acids is 3. The number of β-lactam (4-membered cyclic amide) rings is 1. The predicted octanol–water partition coefficient (Wildman–Crippen LogP) is 4.80. The van der Waals surface area contributed by atoms with Gasteiger partial charge in [-0.2, -0.15) is 0 Å². The fourth-order valence-electron chi connectivity index (χ4n) is 5.17. The number of thioether (sulfide) groups is 1. The number of amides is 1. The summed E-state index contributed by atoms with van der Waals surface area (Å²) in [5, 5.41) is -0.00686. The molecule has 4 rings (SSSR count). The first-order chi connectivity index (χ1) is 20.5. The first-order valence-electron chi connectivity index (χ1n) is 14.7. The second kappa shape index (κ2) is 16.5. The first-order valence-corrected chi connectivity index (χ1v) is 17.0. The summed E-state index contributed by atoms with van der Waals surface area (Å²) in [5.41, 5.74) is 1.17. The molecule has 242 valence electrons. The number of methoxy groups -OCH3 is 2. The maximum Gasteiger partial charge on any atom is 0.510 e. The summed E-state index contributed by atoms with van der Waals surface area (Å²) in [4.78, 5) is 36.4. The normalized spacial score (nSPS) is 22.4. The van der Waals surface area contributed by atoms with Crippen LogP contribution in [0.5, 0.6) is 11.5 Å². The molecule has 1 aromatic rings. The van der Waals surface area contributed by atoms with Crippen LogP contribution in [-0.2, 0) is 45.8 Å². The number of rotatable bonds is 14. The van der Waals surface area contributed by atoms with Gasteiger partial charge in [-0.25, -0.2) is 9.59 Å². The molecule has 2 unspecified atom stereocenters. The molecule has 3 heterocycles. The van der Waals surface area contributed by atoms with Crippen molar-refractivity contribution in [1.29, 1.82) is 0 Å². The summed E-state index contributed by atoms with van der Waals surface area (Å²) >= 11 is 1.48. The van der Waals surface area contributed by atoms with Crippen LogP contribution in [0.25, 0.3) is 0 Å². The summed E-state index contributed by atoms with van der Waals surface area (Å²) in [6.45, 7) is 7.76. The van der Waals surface area contributed by atoms with Crippen LogP contribution >= 0.6 is 11.8 Å². The highest BCUT2D eigenvalue weighted by atomic mass is 32.2. The van der Waals surface area contributed by atoms with E-state index in [0.29, 0.717) is 6.79 Å². The Kier molecular flexibility index (Phi) is 13.4. The van der Waals surface area contributed by atoms with Crippen LogP contribution in [-0.4, -0.2) is 88.2 Å². The second-order valence-electron chi connectivity index (χ2n) is 11.2. The average Bonchev–Trinajstić information content (AvgIpc) is 3.54. The Bertz CT molecular complexity index is 1130. The van der Waals surface area contributed by atoms with E-state index >= 15 is 0 Å². The highest BCUT2D eigenvalue weighted by Crippen LogP contribution is 2.51. The van der Waals surface area contributed by atoms with E-state index in [1.54, 1.807) is 0 Å². The Labute approximate surface area is 261 Å². The maximum atomic E-state index is 12.3. The lowest BCUT2D eigenvalue weighted by atomic mass is 9.97. The van der Waals surface area contributed by atoms with Crippen molar-refractivity contribution in [2.75, 3.05) is 33.6 Å². The Morgan fingerprint density at radius 1 is 1.09 bits per heavy atom. The van der Waals surface area contributed by atoms with Gasteiger partial charge in [0.2, 0.25) is 13.6 Å². The van der Waals surface area contributed by atoms with Crippen molar-refractivity contribution in [3.05, 3.63) is 23.8 Å². The van der Waals surface area contributed by atoms with E-state index in [1.807, 2.05) is 32.0 Å². The first kappa shape index (κ1) is 35.0. The molecule has 5 atom stereocenters. The summed E-state index contributed by atoms with van der Waals surface area (Å²) in [6.07, 6.45) is 6.85. The molecule has 0 bridgehead atoms. The summed E-state index contributed by atoms with van der Waals surface area (Å²) < 4.78 is 41.3. The minimum Gasteiger partial charge on any atom is -0.454 e. The van der Waals surface area contributed by atoms with Crippen molar-refractivity contribution in [3.8, 4) is 11.5 Å². The molecule has 1 amide bonds. The van der Waals surface area contributed by atoms with Crippen LogP contribution < -0.4 is 9.47 Å². The molecule has 13 heteroatoms. The van der Waals surface area contributed by atoms with Crippen molar-refractivity contribution < 1.29 is 47.0 Å². The fourth-order valence-corrected chi connectivity index (χ4v) is 8.09. The van der Waals surface area contributed by atoms with Gasteiger partial charge in [0.25, 0.3) is 5.91 Å². The van der Waals surface area contributed by atoms with E-state index in [9.17, 15) is 18.6 Å². The molecule has 1 aromatic carbocycles. The van der Waals surface area contributed by atoms with Gasteiger partial charge in [0.15, 0.2) is 17.6 Å². The van der Waals surface area contributed by atoms with Crippen LogP contribution in [0.1, 0.15) is 71.8 Å². The third-order valence-corrected chi connectivity index (χ3v) is 10.8. The summed E-state index contributed by atoms with van der Waals surface area (Å²) in [6, 6.07) is 5.26. The van der Waals surface area contributed by atoms with Crippen molar-refractivity contribution in [2.24, 2.45) is 0 Å². The minimum atomic E-state index is -0.944. The molecule has 3 aliphatic rings. The molecule has 0 saturated carbocycles. The standard InChI is InChI=1S/C18H28O3S.C12H17NO7S/c1-3-4-5-6-7-8-11-22(19)15(2)12-16-9-10-17-18(13-16)21-14-20-17;1-12(2)7(10(15)19-5-20-11(16)18-4)13-8(14)6(17-3)9(13)21-12/h9-10,13,15H,3-8,11-12,14H2,1-2H3;6-7,9H,5H2,1-4H3/t;6-,7+,9-/m.1/s1. The highest BCUT2D eigenvalue weighted by molar-refractivity contribution is 8.01. The van der Waals surface area contributed by atoms with E-state index in [1.165, 1.54) is 61.4 Å². The van der Waals surface area contributed by atoms with Crippen LogP contribution in [0.3, 0.4) is 0 Å². The van der Waals surface area contributed by atoms with Crippen LogP contribution in [0.15, 0.2) is 18.2 Å². The number of fused-ring (bicyclic) bond motifs is 2. The Hall–Kier alpha value is -2.51. The third-order valence-electron chi connectivity index (χ3n) is 7.52. The van der Waals surface area contributed by atoms with Crippen molar-refractivity contribution in [2.45, 2.75) is 100 Å². The molecule has 3 aliphatic heterocycles. The van der Waals surface area contributed by atoms with Gasteiger partial charge in [-0.1, -0.05) is 52.0 Å². The molecular formula is C30H45NO10S2. The van der Waals surface area contributed by atoms with Crippen molar-refractivity contribution >= 4 is 40.6 Å². The predicted molar refractivity (Wildman–Crippen MR) is 163 cm³/mol. The lowest BCUT2D eigenvalue weighted by Gasteiger charge is -2.42. The lowest BCUT2D eigenvalue weighted by Crippen LogP contribution is -2.66. The van der Waals surface area contributed by atoms with Gasteiger partial charge in [0, 0.05) is 33.7 Å². The molecular weight excluding hydrogens is 598 g/mol. The third kappa shape index (κ3) is 9.24. The zero-order valence-corrected chi connectivity index (χ0v) is 27.6. The number of unbranched alkanes of at least 4 members (excludes halogenated alkanes) is 5. The van der Waals surface area contributed by atoms with Gasteiger partial charge in [0.05, 0.1) is 7.11 Å². The topological polar surface area (TPSA) is 127 Å². The van der Waals surface area contributed by atoms with Crippen LogP contribution in [0.4, 0.5) is 4.79 Å². The largest absolute Gasteiger partial charge is 0.510 e. The Morgan fingerprint density at radius 3 is 2.49 bits per heavy atom. The van der Waals surface area contributed by atoms with Gasteiger partial charge in [-0.3, -0.25) is 9.00 Å². The van der Waals surface area contributed by atoms with Gasteiger partial charge < -0.3 is 33.3 Å². The van der Waals surface area contributed by atoms with Crippen molar-refractivity contribution in [1.82, 2.24) is 4.90 Å². The molecule has 0 N–H and O–H groups in total. The number of benzene rings is 1. The van der Waals surface area contributed by atoms with Gasteiger partial charge in [-0.15, -0.1) is 11.8 Å². The maximum absolute atomic E-state index is 12.3. The minimum absolute atomic E-state index is 0.191. The van der Waals surface area contributed by atoms with Gasteiger partial charge >= 0.3 is 12.1 Å². The number of ether oxygens (including phenoxy) is 6. The van der Waals surface area contributed by atoms with Crippen molar-refractivity contribution in [3.63, 3.8) is 0 Å². The lowest BCUT2D eigenvalue weighted by molar-refractivity contribution is -0.178.